The number of aromatic hydroxyl groups is 1. The molecular formula is C18H16O6. The molecule has 0 aliphatic carbocycles. The van der Waals surface area contributed by atoms with E-state index < -0.39 is 5.63 Å². The number of fused-ring (bicyclic) bond motifs is 1. The molecule has 6 nitrogen and oxygen atoms in total. The molecule has 3 aromatic rings. The van der Waals surface area contributed by atoms with Gasteiger partial charge in [-0.15, -0.1) is 0 Å². The number of methoxy groups -OCH3 is 3. The number of rotatable bonds is 4. The molecule has 0 atom stereocenters. The van der Waals surface area contributed by atoms with E-state index in [1.165, 1.54) is 20.3 Å². The van der Waals surface area contributed by atoms with Gasteiger partial charge in [-0.25, -0.2) is 4.79 Å². The Hall–Kier alpha value is -3.15. The number of benzene rings is 2. The molecule has 0 bridgehead atoms. The zero-order valence-electron chi connectivity index (χ0n) is 13.5. The average molecular weight is 328 g/mol. The van der Waals surface area contributed by atoms with Crippen molar-refractivity contribution in [3.05, 3.63) is 46.8 Å². The molecule has 124 valence electrons. The van der Waals surface area contributed by atoms with Crippen LogP contribution < -0.4 is 19.8 Å². The summed E-state index contributed by atoms with van der Waals surface area (Å²) in [4.78, 5) is 12.0. The van der Waals surface area contributed by atoms with E-state index in [9.17, 15) is 9.90 Å². The molecular weight excluding hydrogens is 312 g/mol. The van der Waals surface area contributed by atoms with Gasteiger partial charge in [-0.05, 0) is 23.8 Å². The molecule has 1 N–H and O–H groups in total. The number of ether oxygens (including phenoxy) is 3. The van der Waals surface area contributed by atoms with Crippen molar-refractivity contribution in [3.8, 4) is 34.1 Å². The second-order valence-electron chi connectivity index (χ2n) is 5.04. The minimum Gasteiger partial charge on any atom is -0.502 e. The largest absolute Gasteiger partial charge is 0.502 e. The Balaban J connectivity index is 2.36. The van der Waals surface area contributed by atoms with E-state index in [1.54, 1.807) is 25.3 Å². The molecule has 6 heteroatoms. The molecule has 0 unspecified atom stereocenters. The predicted molar refractivity (Wildman–Crippen MR) is 89.2 cm³/mol. The van der Waals surface area contributed by atoms with Crippen molar-refractivity contribution in [2.45, 2.75) is 0 Å². The molecule has 0 aliphatic rings. The Morgan fingerprint density at radius 1 is 0.958 bits per heavy atom. The maximum atomic E-state index is 12.0. The van der Waals surface area contributed by atoms with Crippen LogP contribution in [0.25, 0.3) is 22.1 Å². The summed E-state index contributed by atoms with van der Waals surface area (Å²) in [5.74, 6) is 0.765. The Morgan fingerprint density at radius 2 is 1.67 bits per heavy atom. The van der Waals surface area contributed by atoms with E-state index in [1.807, 2.05) is 12.1 Å². The quantitative estimate of drug-likeness (QED) is 0.741. The van der Waals surface area contributed by atoms with E-state index in [0.717, 1.165) is 5.56 Å². The second kappa shape index (κ2) is 6.16. The topological polar surface area (TPSA) is 78.1 Å². The highest BCUT2D eigenvalue weighted by Crippen LogP contribution is 2.44. The summed E-state index contributed by atoms with van der Waals surface area (Å²) in [5.41, 5.74) is 1.05. The Kier molecular flexibility index (Phi) is 4.04. The van der Waals surface area contributed by atoms with E-state index in [4.69, 9.17) is 18.6 Å². The zero-order chi connectivity index (χ0) is 17.3. The average Bonchev–Trinajstić information content (AvgIpc) is 2.61. The molecule has 0 fully saturated rings. The fourth-order valence-corrected chi connectivity index (χ4v) is 2.59. The van der Waals surface area contributed by atoms with Crippen LogP contribution in [0.5, 0.6) is 23.0 Å². The van der Waals surface area contributed by atoms with Crippen LogP contribution in [0.1, 0.15) is 0 Å². The Bertz CT molecular complexity index is 940. The molecule has 2 aromatic carbocycles. The first-order chi connectivity index (χ1) is 11.6. The monoisotopic (exact) mass is 328 g/mol. The van der Waals surface area contributed by atoms with E-state index in [-0.39, 0.29) is 22.8 Å². The van der Waals surface area contributed by atoms with Crippen LogP contribution in [0.2, 0.25) is 0 Å². The summed E-state index contributed by atoms with van der Waals surface area (Å²) in [6.45, 7) is 0. The summed E-state index contributed by atoms with van der Waals surface area (Å²) >= 11 is 0. The molecule has 0 radical (unpaired) electrons. The molecule has 3 rings (SSSR count). The molecule has 0 saturated carbocycles. The van der Waals surface area contributed by atoms with Crippen LogP contribution in [-0.2, 0) is 0 Å². The fraction of sp³-hybridized carbons (Fsp3) is 0.167. The van der Waals surface area contributed by atoms with Gasteiger partial charge in [0.05, 0.1) is 21.3 Å². The number of hydrogen-bond acceptors (Lipinski definition) is 6. The van der Waals surface area contributed by atoms with Crippen LogP contribution in [0.3, 0.4) is 0 Å². The van der Waals surface area contributed by atoms with Crippen molar-refractivity contribution in [1.82, 2.24) is 0 Å². The Morgan fingerprint density at radius 3 is 2.25 bits per heavy atom. The van der Waals surface area contributed by atoms with Crippen LogP contribution in [0.15, 0.2) is 45.6 Å². The molecule has 0 spiro atoms. The fourth-order valence-electron chi connectivity index (χ4n) is 2.59. The van der Waals surface area contributed by atoms with Gasteiger partial charge < -0.3 is 23.7 Å². The second-order valence-corrected chi connectivity index (χ2v) is 5.04. The SMILES string of the molecule is COc1ccc(-c2cc(=O)oc3c(OC)c(O)c(OC)cc23)cc1. The molecule has 0 saturated heterocycles. The summed E-state index contributed by atoms with van der Waals surface area (Å²) in [7, 11) is 4.40. The molecule has 1 heterocycles. The van der Waals surface area contributed by atoms with Gasteiger partial charge in [0, 0.05) is 17.0 Å². The third-order valence-electron chi connectivity index (χ3n) is 3.75. The third kappa shape index (κ3) is 2.52. The van der Waals surface area contributed by atoms with Crippen LogP contribution >= 0.6 is 0 Å². The van der Waals surface area contributed by atoms with Crippen molar-refractivity contribution in [2.24, 2.45) is 0 Å². The standard InChI is InChI=1S/C18H16O6/c1-21-11-6-4-10(5-7-11)12-9-15(19)24-17-13(12)8-14(22-2)16(20)18(17)23-3/h4-9,20H,1-3H3. The van der Waals surface area contributed by atoms with Crippen LogP contribution in [-0.4, -0.2) is 26.4 Å². The van der Waals surface area contributed by atoms with Gasteiger partial charge in [0.25, 0.3) is 0 Å². The summed E-state index contributed by atoms with van der Waals surface area (Å²) in [6.07, 6.45) is 0. The lowest BCUT2D eigenvalue weighted by molar-refractivity contribution is 0.338. The smallest absolute Gasteiger partial charge is 0.336 e. The summed E-state index contributed by atoms with van der Waals surface area (Å²) < 4.78 is 20.8. The van der Waals surface area contributed by atoms with Crippen molar-refractivity contribution in [1.29, 1.82) is 0 Å². The van der Waals surface area contributed by atoms with Gasteiger partial charge in [-0.1, -0.05) is 12.1 Å². The minimum absolute atomic E-state index is 0.0526. The molecule has 24 heavy (non-hydrogen) atoms. The molecule has 0 amide bonds. The van der Waals surface area contributed by atoms with Gasteiger partial charge in [0.2, 0.25) is 11.5 Å². The van der Waals surface area contributed by atoms with Gasteiger partial charge in [-0.3, -0.25) is 0 Å². The first-order valence-corrected chi connectivity index (χ1v) is 7.15. The van der Waals surface area contributed by atoms with Gasteiger partial charge in [0.1, 0.15) is 5.75 Å². The number of phenolic OH excluding ortho intramolecular Hbond substituents is 1. The van der Waals surface area contributed by atoms with E-state index in [2.05, 4.69) is 0 Å². The van der Waals surface area contributed by atoms with Crippen LogP contribution in [0.4, 0.5) is 0 Å². The first-order valence-electron chi connectivity index (χ1n) is 7.15. The summed E-state index contributed by atoms with van der Waals surface area (Å²) in [6, 6.07) is 10.3. The van der Waals surface area contributed by atoms with E-state index in [0.29, 0.717) is 16.7 Å². The maximum Gasteiger partial charge on any atom is 0.336 e. The highest BCUT2D eigenvalue weighted by atomic mass is 16.5. The van der Waals surface area contributed by atoms with Crippen LogP contribution in [0, 0.1) is 0 Å². The third-order valence-corrected chi connectivity index (χ3v) is 3.75. The zero-order valence-corrected chi connectivity index (χ0v) is 13.5. The maximum absolute atomic E-state index is 12.0. The predicted octanol–water partition coefficient (Wildman–Crippen LogP) is 3.19. The van der Waals surface area contributed by atoms with Gasteiger partial charge in [-0.2, -0.15) is 0 Å². The van der Waals surface area contributed by atoms with Crippen molar-refractivity contribution in [3.63, 3.8) is 0 Å². The van der Waals surface area contributed by atoms with Crippen molar-refractivity contribution < 1.29 is 23.7 Å². The van der Waals surface area contributed by atoms with Gasteiger partial charge >= 0.3 is 5.63 Å². The lowest BCUT2D eigenvalue weighted by atomic mass is 10.0. The number of hydrogen-bond donors (Lipinski definition) is 1. The van der Waals surface area contributed by atoms with Crippen molar-refractivity contribution >= 4 is 11.0 Å². The first kappa shape index (κ1) is 15.7. The number of phenols is 1. The van der Waals surface area contributed by atoms with Gasteiger partial charge in [0.15, 0.2) is 11.3 Å². The Labute approximate surface area is 137 Å². The lowest BCUT2D eigenvalue weighted by Crippen LogP contribution is -2.00. The summed E-state index contributed by atoms with van der Waals surface area (Å²) in [5, 5.41) is 10.8. The highest BCUT2D eigenvalue weighted by Gasteiger charge is 2.19. The minimum atomic E-state index is -0.545. The van der Waals surface area contributed by atoms with Crippen molar-refractivity contribution in [2.75, 3.05) is 21.3 Å². The normalized spacial score (nSPS) is 10.6. The lowest BCUT2D eigenvalue weighted by Gasteiger charge is -2.13. The molecule has 0 aliphatic heterocycles. The highest BCUT2D eigenvalue weighted by molar-refractivity contribution is 5.98. The molecule has 1 aromatic heterocycles. The van der Waals surface area contributed by atoms with E-state index >= 15 is 0 Å².